The molecular weight excluding hydrogens is 196 g/mol. The van der Waals surface area contributed by atoms with Gasteiger partial charge >= 0.3 is 0 Å². The van der Waals surface area contributed by atoms with Gasteiger partial charge in [0.25, 0.3) is 11.5 Å². The highest BCUT2D eigenvalue weighted by Gasteiger charge is 2.13. The van der Waals surface area contributed by atoms with Crippen LogP contribution < -0.4 is 16.6 Å². The Morgan fingerprint density at radius 3 is 2.73 bits per heavy atom. The van der Waals surface area contributed by atoms with Crippen molar-refractivity contribution in [1.29, 1.82) is 0 Å². The van der Waals surface area contributed by atoms with Crippen LogP contribution in [0.2, 0.25) is 0 Å². The molecule has 0 saturated heterocycles. The number of carbonyl (C=O) groups is 1. The van der Waals surface area contributed by atoms with Crippen LogP contribution in [-0.2, 0) is 0 Å². The van der Waals surface area contributed by atoms with Crippen molar-refractivity contribution in [3.05, 3.63) is 28.2 Å². The SMILES string of the molecule is CC(C)(N)CNC(=O)c1ccc(=O)[nH]n1. The fourth-order valence-corrected chi connectivity index (χ4v) is 0.870. The summed E-state index contributed by atoms with van der Waals surface area (Å²) < 4.78 is 0. The van der Waals surface area contributed by atoms with Gasteiger partial charge < -0.3 is 11.1 Å². The highest BCUT2D eigenvalue weighted by atomic mass is 16.2. The molecule has 0 radical (unpaired) electrons. The number of nitrogens with one attached hydrogen (secondary N) is 2. The first-order valence-corrected chi connectivity index (χ1v) is 4.51. The van der Waals surface area contributed by atoms with Gasteiger partial charge in [0.05, 0.1) is 0 Å². The molecule has 0 aliphatic heterocycles. The maximum Gasteiger partial charge on any atom is 0.271 e. The minimum Gasteiger partial charge on any atom is -0.349 e. The molecule has 0 atom stereocenters. The number of H-pyrrole nitrogens is 1. The normalized spacial score (nSPS) is 11.1. The summed E-state index contributed by atoms with van der Waals surface area (Å²) in [6, 6.07) is 2.60. The predicted molar refractivity (Wildman–Crippen MR) is 55.5 cm³/mol. The Morgan fingerprint density at radius 2 is 2.27 bits per heavy atom. The number of carbonyl (C=O) groups excluding carboxylic acids is 1. The molecule has 1 aromatic heterocycles. The molecule has 15 heavy (non-hydrogen) atoms. The molecule has 0 aliphatic rings. The number of aromatic nitrogens is 2. The number of hydrogen-bond donors (Lipinski definition) is 3. The quantitative estimate of drug-likeness (QED) is 0.610. The van der Waals surface area contributed by atoms with Gasteiger partial charge in [-0.3, -0.25) is 9.59 Å². The van der Waals surface area contributed by atoms with Crippen molar-refractivity contribution in [3.63, 3.8) is 0 Å². The lowest BCUT2D eigenvalue weighted by Crippen LogP contribution is -2.45. The van der Waals surface area contributed by atoms with Crippen LogP contribution in [0.3, 0.4) is 0 Å². The van der Waals surface area contributed by atoms with Gasteiger partial charge in [-0.15, -0.1) is 0 Å². The number of nitrogens with zero attached hydrogens (tertiary/aromatic N) is 1. The van der Waals surface area contributed by atoms with Crippen molar-refractivity contribution in [3.8, 4) is 0 Å². The molecular formula is C9H14N4O2. The summed E-state index contributed by atoms with van der Waals surface area (Å²) in [7, 11) is 0. The van der Waals surface area contributed by atoms with E-state index < -0.39 is 5.54 Å². The van der Waals surface area contributed by atoms with E-state index in [0.29, 0.717) is 6.54 Å². The van der Waals surface area contributed by atoms with Crippen LogP contribution in [0, 0.1) is 0 Å². The van der Waals surface area contributed by atoms with E-state index in [9.17, 15) is 9.59 Å². The van der Waals surface area contributed by atoms with Crippen LogP contribution in [-0.4, -0.2) is 28.2 Å². The third-order valence-corrected chi connectivity index (χ3v) is 1.62. The first-order chi connectivity index (χ1) is 6.88. The Morgan fingerprint density at radius 1 is 1.60 bits per heavy atom. The second-order valence-corrected chi connectivity index (χ2v) is 3.98. The lowest BCUT2D eigenvalue weighted by Gasteiger charge is -2.18. The number of hydrogen-bond acceptors (Lipinski definition) is 4. The van der Waals surface area contributed by atoms with E-state index >= 15 is 0 Å². The van der Waals surface area contributed by atoms with Gasteiger partial charge in [0, 0.05) is 18.2 Å². The Balaban J connectivity index is 2.62. The van der Waals surface area contributed by atoms with E-state index in [1.54, 1.807) is 13.8 Å². The molecule has 6 nitrogen and oxygen atoms in total. The zero-order valence-corrected chi connectivity index (χ0v) is 8.70. The van der Waals surface area contributed by atoms with E-state index in [1.807, 2.05) is 0 Å². The molecule has 1 rings (SSSR count). The highest BCUT2D eigenvalue weighted by molar-refractivity contribution is 5.91. The van der Waals surface area contributed by atoms with Gasteiger partial charge in [-0.05, 0) is 19.9 Å². The van der Waals surface area contributed by atoms with Gasteiger partial charge in [-0.1, -0.05) is 0 Å². The molecule has 0 spiro atoms. The first-order valence-electron chi connectivity index (χ1n) is 4.51. The molecule has 4 N–H and O–H groups in total. The van der Waals surface area contributed by atoms with Crippen molar-refractivity contribution in [1.82, 2.24) is 15.5 Å². The van der Waals surface area contributed by atoms with Crippen molar-refractivity contribution in [2.45, 2.75) is 19.4 Å². The smallest absolute Gasteiger partial charge is 0.271 e. The summed E-state index contributed by atoms with van der Waals surface area (Å²) in [6.07, 6.45) is 0. The van der Waals surface area contributed by atoms with Crippen molar-refractivity contribution in [2.75, 3.05) is 6.54 Å². The Bertz CT molecular complexity index is 385. The average Bonchev–Trinajstić information content (AvgIpc) is 2.14. The van der Waals surface area contributed by atoms with Crippen molar-refractivity contribution in [2.24, 2.45) is 5.73 Å². The van der Waals surface area contributed by atoms with Gasteiger partial charge in [0.2, 0.25) is 0 Å². The molecule has 0 saturated carbocycles. The Kier molecular flexibility index (Phi) is 3.21. The van der Waals surface area contributed by atoms with E-state index in [2.05, 4.69) is 15.5 Å². The van der Waals surface area contributed by atoms with Crippen LogP contribution >= 0.6 is 0 Å². The lowest BCUT2D eigenvalue weighted by atomic mass is 10.1. The van der Waals surface area contributed by atoms with Crippen LogP contribution in [0.25, 0.3) is 0 Å². The predicted octanol–water partition coefficient (Wildman–Crippen LogP) is -0.763. The van der Waals surface area contributed by atoms with Crippen LogP contribution in [0.4, 0.5) is 0 Å². The lowest BCUT2D eigenvalue weighted by molar-refractivity contribution is 0.0940. The third-order valence-electron chi connectivity index (χ3n) is 1.62. The number of nitrogens with two attached hydrogens (primary N) is 1. The van der Waals surface area contributed by atoms with E-state index in [0.717, 1.165) is 0 Å². The minimum absolute atomic E-state index is 0.166. The fraction of sp³-hybridized carbons (Fsp3) is 0.444. The zero-order chi connectivity index (χ0) is 11.5. The molecule has 1 heterocycles. The molecule has 0 aromatic carbocycles. The highest BCUT2D eigenvalue weighted by Crippen LogP contribution is 1.94. The minimum atomic E-state index is -0.474. The second-order valence-electron chi connectivity index (χ2n) is 3.98. The van der Waals surface area contributed by atoms with Gasteiger partial charge in [0.1, 0.15) is 5.69 Å². The monoisotopic (exact) mass is 210 g/mol. The summed E-state index contributed by atoms with van der Waals surface area (Å²) in [4.78, 5) is 22.1. The molecule has 0 unspecified atom stereocenters. The topological polar surface area (TPSA) is 101 Å². The molecule has 1 aromatic rings. The largest absolute Gasteiger partial charge is 0.349 e. The average molecular weight is 210 g/mol. The Labute approximate surface area is 86.9 Å². The van der Waals surface area contributed by atoms with Gasteiger partial charge in [0.15, 0.2) is 0 Å². The van der Waals surface area contributed by atoms with Gasteiger partial charge in [-0.25, -0.2) is 5.10 Å². The summed E-state index contributed by atoms with van der Waals surface area (Å²) >= 11 is 0. The van der Waals surface area contributed by atoms with E-state index in [4.69, 9.17) is 5.73 Å². The summed E-state index contributed by atoms with van der Waals surface area (Å²) in [5.74, 6) is -0.357. The summed E-state index contributed by atoms with van der Waals surface area (Å²) in [6.45, 7) is 3.94. The number of rotatable bonds is 3. The first kappa shape index (κ1) is 11.4. The van der Waals surface area contributed by atoms with Gasteiger partial charge in [-0.2, -0.15) is 5.10 Å². The fourth-order valence-electron chi connectivity index (χ4n) is 0.870. The van der Waals surface area contributed by atoms with Crippen LogP contribution in [0.5, 0.6) is 0 Å². The maximum absolute atomic E-state index is 11.5. The zero-order valence-electron chi connectivity index (χ0n) is 8.70. The van der Waals surface area contributed by atoms with E-state index in [1.165, 1.54) is 12.1 Å². The molecule has 6 heteroatoms. The molecule has 0 bridgehead atoms. The molecule has 0 fully saturated rings. The number of aromatic amines is 1. The van der Waals surface area contributed by atoms with Crippen LogP contribution in [0.15, 0.2) is 16.9 Å². The van der Waals surface area contributed by atoms with Crippen molar-refractivity contribution >= 4 is 5.91 Å². The summed E-state index contributed by atoms with van der Waals surface area (Å²) in [5.41, 5.74) is 5.04. The van der Waals surface area contributed by atoms with Crippen LogP contribution in [0.1, 0.15) is 24.3 Å². The number of amides is 1. The molecule has 82 valence electrons. The standard InChI is InChI=1S/C9H14N4O2/c1-9(2,10)5-11-8(15)6-3-4-7(14)13-12-6/h3-4H,5,10H2,1-2H3,(H,11,15)(H,13,14). The maximum atomic E-state index is 11.5. The third kappa shape index (κ3) is 3.90. The summed E-state index contributed by atoms with van der Waals surface area (Å²) in [5, 5.41) is 8.38. The second kappa shape index (κ2) is 4.22. The molecule has 0 aliphatic carbocycles. The molecule has 1 amide bonds. The Hall–Kier alpha value is -1.69. The van der Waals surface area contributed by atoms with Crippen molar-refractivity contribution < 1.29 is 4.79 Å². The van der Waals surface area contributed by atoms with E-state index in [-0.39, 0.29) is 17.2 Å².